The van der Waals surface area contributed by atoms with Crippen LogP contribution >= 0.6 is 0 Å². The van der Waals surface area contributed by atoms with Crippen LogP contribution < -0.4 is 0 Å². The normalized spacial score (nSPS) is 13.6. The minimum atomic E-state index is -0.163. The van der Waals surface area contributed by atoms with Crippen molar-refractivity contribution in [2.24, 2.45) is 0 Å². The van der Waals surface area contributed by atoms with E-state index in [4.69, 9.17) is 0 Å². The molecule has 2 nitrogen and oxygen atoms in total. The summed E-state index contributed by atoms with van der Waals surface area (Å²) >= 11 is 0. The van der Waals surface area contributed by atoms with Crippen LogP contribution in [-0.2, 0) is 32.7 Å². The van der Waals surface area contributed by atoms with Crippen LogP contribution in [0.4, 0.5) is 4.39 Å². The van der Waals surface area contributed by atoms with Gasteiger partial charge in [-0.25, -0.2) is 4.39 Å². The first kappa shape index (κ1) is 31.9. The van der Waals surface area contributed by atoms with Crippen LogP contribution in [0.1, 0.15) is 61.5 Å². The molecular formula is C20H41FN2Y. The molecule has 0 spiro atoms. The number of halogens is 1. The Morgan fingerprint density at radius 1 is 0.958 bits per heavy atom. The van der Waals surface area contributed by atoms with Gasteiger partial charge in [0.25, 0.3) is 0 Å². The average molecular weight is 417 g/mol. The van der Waals surface area contributed by atoms with Crippen molar-refractivity contribution < 1.29 is 37.1 Å². The number of hydrogen-bond acceptors (Lipinski definition) is 2. The van der Waals surface area contributed by atoms with Gasteiger partial charge in [-0.3, -0.25) is 4.90 Å². The molecule has 1 aromatic carbocycles. The number of benzene rings is 1. The van der Waals surface area contributed by atoms with Gasteiger partial charge in [0.1, 0.15) is 5.82 Å². The molecule has 2 rings (SSSR count). The van der Waals surface area contributed by atoms with Crippen LogP contribution in [0.15, 0.2) is 24.3 Å². The van der Waals surface area contributed by atoms with E-state index in [0.717, 1.165) is 12.1 Å². The molecule has 1 fully saturated rings. The molecule has 0 aliphatic carbocycles. The second-order valence-electron chi connectivity index (χ2n) is 6.37. The molecule has 1 aliphatic heterocycles. The van der Waals surface area contributed by atoms with E-state index in [2.05, 4.69) is 51.6 Å². The number of rotatable bonds is 3. The summed E-state index contributed by atoms with van der Waals surface area (Å²) in [5, 5.41) is 0. The summed E-state index contributed by atoms with van der Waals surface area (Å²) in [4.78, 5) is 4.80. The molecule has 0 saturated carbocycles. The van der Waals surface area contributed by atoms with Gasteiger partial charge in [-0.1, -0.05) is 48.3 Å². The standard InChI is InChI=1S/C9H11F.C8H18N2.3CH4.Y/c1-7(2)8-3-5-9(10)6-4-8;1-7(2)10-5-8(6-10)9(3)4;;;;/h3-7H,1-2H3;7-8H,5-6H2,1-4H3;3*1H4;. The molecule has 4 heteroatoms. The Kier molecular flexibility index (Phi) is 20.5. The van der Waals surface area contributed by atoms with Crippen LogP contribution in [0.25, 0.3) is 0 Å². The first-order valence-electron chi connectivity index (χ1n) is 7.47. The molecule has 1 aromatic rings. The minimum Gasteiger partial charge on any atom is -0.304 e. The Morgan fingerprint density at radius 2 is 1.38 bits per heavy atom. The molecule has 141 valence electrons. The van der Waals surface area contributed by atoms with E-state index >= 15 is 0 Å². The maximum atomic E-state index is 12.4. The van der Waals surface area contributed by atoms with E-state index in [0.29, 0.717) is 5.92 Å². The largest absolute Gasteiger partial charge is 0.304 e. The van der Waals surface area contributed by atoms with E-state index in [-0.39, 0.29) is 60.8 Å². The van der Waals surface area contributed by atoms with Crippen molar-refractivity contribution >= 4 is 0 Å². The van der Waals surface area contributed by atoms with Crippen molar-refractivity contribution in [3.8, 4) is 0 Å². The Balaban J connectivity index is -0.000000143. The zero-order valence-electron chi connectivity index (χ0n) is 14.3. The number of nitrogens with zero attached hydrogens (tertiary/aromatic N) is 2. The molecule has 0 unspecified atom stereocenters. The Labute approximate surface area is 177 Å². The third kappa shape index (κ3) is 10.9. The summed E-state index contributed by atoms with van der Waals surface area (Å²) in [6.07, 6.45) is 0. The van der Waals surface area contributed by atoms with E-state index in [1.807, 2.05) is 12.1 Å². The summed E-state index contributed by atoms with van der Waals surface area (Å²) in [5.74, 6) is 0.324. The van der Waals surface area contributed by atoms with E-state index in [1.54, 1.807) is 0 Å². The number of likely N-dealkylation sites (N-methyl/N-ethyl adjacent to an activating group) is 1. The molecule has 24 heavy (non-hydrogen) atoms. The molecule has 1 aliphatic rings. The Morgan fingerprint density at radius 3 is 1.67 bits per heavy atom. The summed E-state index contributed by atoms with van der Waals surface area (Å²) in [7, 11) is 4.31. The van der Waals surface area contributed by atoms with E-state index in [1.165, 1.54) is 30.8 Å². The third-order valence-electron chi connectivity index (χ3n) is 3.89. The van der Waals surface area contributed by atoms with Gasteiger partial charge in [-0.2, -0.15) is 0 Å². The average Bonchev–Trinajstić information content (AvgIpc) is 2.27. The third-order valence-corrected chi connectivity index (χ3v) is 3.89. The van der Waals surface area contributed by atoms with Gasteiger partial charge in [0.05, 0.1) is 0 Å². The van der Waals surface area contributed by atoms with Crippen LogP contribution in [0.2, 0.25) is 0 Å². The fourth-order valence-electron chi connectivity index (χ4n) is 2.08. The molecule has 1 heterocycles. The topological polar surface area (TPSA) is 6.48 Å². The number of hydrogen-bond donors (Lipinski definition) is 0. The summed E-state index contributed by atoms with van der Waals surface area (Å²) in [6, 6.07) is 8.17. The molecule has 0 atom stereocenters. The van der Waals surface area contributed by atoms with E-state index < -0.39 is 0 Å². The first-order chi connectivity index (χ1) is 9.31. The van der Waals surface area contributed by atoms with Crippen molar-refractivity contribution in [3.05, 3.63) is 35.6 Å². The van der Waals surface area contributed by atoms with Crippen molar-refractivity contribution in [1.29, 1.82) is 0 Å². The molecule has 1 saturated heterocycles. The molecule has 0 aromatic heterocycles. The first-order valence-corrected chi connectivity index (χ1v) is 7.47. The molecule has 1 radical (unpaired) electrons. The van der Waals surface area contributed by atoms with Gasteiger partial charge in [0.15, 0.2) is 0 Å². The van der Waals surface area contributed by atoms with Crippen molar-refractivity contribution in [3.63, 3.8) is 0 Å². The zero-order valence-corrected chi connectivity index (χ0v) is 17.1. The van der Waals surface area contributed by atoms with Gasteiger partial charge in [-0.15, -0.1) is 0 Å². The quantitative estimate of drug-likeness (QED) is 0.641. The molecular weight excluding hydrogens is 376 g/mol. The van der Waals surface area contributed by atoms with Gasteiger partial charge in [0.2, 0.25) is 0 Å². The fraction of sp³-hybridized carbons (Fsp3) is 0.700. The second-order valence-corrected chi connectivity index (χ2v) is 6.37. The summed E-state index contributed by atoms with van der Waals surface area (Å²) in [6.45, 7) is 11.2. The van der Waals surface area contributed by atoms with Crippen molar-refractivity contribution in [1.82, 2.24) is 9.80 Å². The zero-order chi connectivity index (χ0) is 15.3. The molecule has 0 bridgehead atoms. The van der Waals surface area contributed by atoms with Crippen LogP contribution in [-0.4, -0.2) is 49.1 Å². The maximum Gasteiger partial charge on any atom is 0.123 e. The number of likely N-dealkylation sites (tertiary alicyclic amines) is 1. The summed E-state index contributed by atoms with van der Waals surface area (Å²) in [5.41, 5.74) is 1.18. The van der Waals surface area contributed by atoms with Crippen LogP contribution in [0, 0.1) is 5.82 Å². The fourth-order valence-corrected chi connectivity index (χ4v) is 2.08. The SMILES string of the molecule is C.C.C.CC(C)N1CC(N(C)C)C1.CC(C)c1ccc(F)cc1.[Y]. The molecule has 0 amide bonds. The monoisotopic (exact) mass is 417 g/mol. The summed E-state index contributed by atoms with van der Waals surface area (Å²) < 4.78 is 12.4. The second kappa shape index (κ2) is 15.4. The van der Waals surface area contributed by atoms with Crippen LogP contribution in [0.5, 0.6) is 0 Å². The Hall–Kier alpha value is 0.174. The minimum absolute atomic E-state index is 0. The molecule has 0 N–H and O–H groups in total. The van der Waals surface area contributed by atoms with Crippen LogP contribution in [0.3, 0.4) is 0 Å². The predicted molar refractivity (Wildman–Crippen MR) is 105 cm³/mol. The maximum absolute atomic E-state index is 12.4. The van der Waals surface area contributed by atoms with Gasteiger partial charge in [-0.05, 0) is 51.6 Å². The van der Waals surface area contributed by atoms with E-state index in [9.17, 15) is 4.39 Å². The van der Waals surface area contributed by atoms with Crippen molar-refractivity contribution in [2.45, 2.75) is 68.0 Å². The van der Waals surface area contributed by atoms with Gasteiger partial charge < -0.3 is 4.90 Å². The predicted octanol–water partition coefficient (Wildman–Crippen LogP) is 5.50. The van der Waals surface area contributed by atoms with Gasteiger partial charge >= 0.3 is 0 Å². The van der Waals surface area contributed by atoms with Gasteiger partial charge in [0, 0.05) is 57.9 Å². The Bertz CT molecular complexity index is 373. The smallest absolute Gasteiger partial charge is 0.123 e. The van der Waals surface area contributed by atoms with Crippen molar-refractivity contribution in [2.75, 3.05) is 27.2 Å².